The number of anilines is 1. The minimum atomic E-state index is -0.994. The second-order valence-electron chi connectivity index (χ2n) is 22.4. The molecule has 3 aromatic carbocycles. The number of fused-ring (bicyclic) bond motifs is 1. The van der Waals surface area contributed by atoms with E-state index in [1.807, 2.05) is 81.4 Å². The van der Waals surface area contributed by atoms with Gasteiger partial charge in [-0.25, -0.2) is 9.83 Å². The number of ether oxygens (including phenoxy) is 3. The Balaban J connectivity index is 0.823. The van der Waals surface area contributed by atoms with Crippen LogP contribution in [0.3, 0.4) is 0 Å². The smallest absolute Gasteiger partial charge is 0.302 e. The summed E-state index contributed by atoms with van der Waals surface area (Å²) in [4.78, 5) is 82.7. The fraction of sp³-hybridized carbons (Fsp3) is 0.518. The summed E-state index contributed by atoms with van der Waals surface area (Å²) in [6.45, 7) is 28.8. The zero-order chi connectivity index (χ0) is 52.7. The lowest BCUT2D eigenvalue weighted by atomic mass is 9.49. The van der Waals surface area contributed by atoms with E-state index in [-0.39, 0.29) is 66.3 Å². The molecule has 2 saturated heterocycles. The van der Waals surface area contributed by atoms with Crippen LogP contribution in [0.1, 0.15) is 115 Å². The number of hydrogen-bond acceptors (Lipinski definition) is 11. The number of piperidine rings is 1. The van der Waals surface area contributed by atoms with Crippen LogP contribution < -0.4 is 20.3 Å². The quantitative estimate of drug-likeness (QED) is 0.0867. The molecule has 73 heavy (non-hydrogen) atoms. The molecular weight excluding hydrogens is 966 g/mol. The lowest BCUT2D eigenvalue weighted by Gasteiger charge is -2.65. The molecule has 4 heterocycles. The van der Waals surface area contributed by atoms with Crippen molar-refractivity contribution < 1.29 is 38.2 Å². The summed E-state index contributed by atoms with van der Waals surface area (Å²) >= 11 is 7.90. The van der Waals surface area contributed by atoms with Gasteiger partial charge in [-0.05, 0) is 85.0 Å². The first kappa shape index (κ1) is 53.3. The van der Waals surface area contributed by atoms with Crippen molar-refractivity contribution in [2.45, 2.75) is 131 Å². The summed E-state index contributed by atoms with van der Waals surface area (Å²) in [5.41, 5.74) is 6.40. The summed E-state index contributed by atoms with van der Waals surface area (Å²) in [5.74, 6) is -0.918. The molecule has 0 radical (unpaired) electrons. The highest BCUT2D eigenvalue weighted by molar-refractivity contribution is 7.13. The number of likely N-dealkylation sites (tertiary alicyclic amines) is 1. The SMILES string of the molecule is [C-]#[N+]c1ccc(OC2C(C)(C)C(N3Cc4cc(N5CCC(COCC(=O)N[C@H](C(=O)N6C[C@H](OC(C)=O)C[C@H]6C(=O)N[C@@H](C)c6ccc(-c7scnc7C)cc6)C(C)(C)C)CC5)ccc4C3=O)C2(C)C)cc1Cl. The Morgan fingerprint density at radius 2 is 1.68 bits per heavy atom. The summed E-state index contributed by atoms with van der Waals surface area (Å²) in [6.07, 6.45) is 0.945. The molecule has 4 amide bonds. The monoisotopic (exact) mass is 1030 g/mol. The molecule has 0 bridgehead atoms. The van der Waals surface area contributed by atoms with Crippen LogP contribution >= 0.6 is 22.9 Å². The highest BCUT2D eigenvalue weighted by atomic mass is 35.5. The molecule has 4 aliphatic rings. The van der Waals surface area contributed by atoms with Gasteiger partial charge in [-0.3, -0.25) is 24.0 Å². The maximum atomic E-state index is 14.5. The number of aromatic nitrogens is 1. The average Bonchev–Trinajstić information content (AvgIpc) is 4.05. The number of aryl methyl sites for hydroxylation is 1. The lowest BCUT2D eigenvalue weighted by Crippen LogP contribution is -2.74. The number of nitrogens with zero attached hydrogens (tertiary/aromatic N) is 5. The van der Waals surface area contributed by atoms with Gasteiger partial charge in [-0.1, -0.05) is 90.4 Å². The second-order valence-corrected chi connectivity index (χ2v) is 23.7. The normalized spacial score (nSPS) is 22.2. The van der Waals surface area contributed by atoms with E-state index in [4.69, 9.17) is 32.4 Å². The molecule has 4 aromatic rings. The number of benzene rings is 3. The average molecular weight is 1030 g/mol. The molecule has 0 spiro atoms. The number of amides is 4. The van der Waals surface area contributed by atoms with Crippen LogP contribution in [0.5, 0.6) is 5.75 Å². The molecule has 4 atom stereocenters. The van der Waals surface area contributed by atoms with Crippen molar-refractivity contribution in [1.82, 2.24) is 25.4 Å². The van der Waals surface area contributed by atoms with Gasteiger partial charge in [0.15, 0.2) is 0 Å². The third kappa shape index (κ3) is 11.1. The van der Waals surface area contributed by atoms with Gasteiger partial charge < -0.3 is 39.5 Å². The molecule has 388 valence electrons. The number of thiazole rings is 1. The summed E-state index contributed by atoms with van der Waals surface area (Å²) in [5, 5.41) is 6.33. The highest BCUT2D eigenvalue weighted by Gasteiger charge is 2.67. The van der Waals surface area contributed by atoms with E-state index in [0.29, 0.717) is 29.6 Å². The van der Waals surface area contributed by atoms with Gasteiger partial charge in [0, 0.05) is 61.1 Å². The predicted molar refractivity (Wildman–Crippen MR) is 281 cm³/mol. The molecule has 8 rings (SSSR count). The van der Waals surface area contributed by atoms with Crippen molar-refractivity contribution in [3.05, 3.63) is 105 Å². The maximum Gasteiger partial charge on any atom is 0.302 e. The fourth-order valence-electron chi connectivity index (χ4n) is 11.9. The number of nitrogens with one attached hydrogen (secondary N) is 2. The van der Waals surface area contributed by atoms with Crippen LogP contribution in [-0.2, 0) is 35.2 Å². The number of rotatable bonds is 15. The third-order valence-corrected chi connectivity index (χ3v) is 16.5. The van der Waals surface area contributed by atoms with Crippen LogP contribution in [0, 0.1) is 35.7 Å². The Kier molecular flexibility index (Phi) is 15.4. The highest BCUT2D eigenvalue weighted by Crippen LogP contribution is 2.59. The van der Waals surface area contributed by atoms with Crippen molar-refractivity contribution in [3.8, 4) is 16.2 Å². The number of hydrogen-bond donors (Lipinski definition) is 2. The van der Waals surface area contributed by atoms with Gasteiger partial charge in [0.2, 0.25) is 23.4 Å². The van der Waals surface area contributed by atoms with Gasteiger partial charge in [0.1, 0.15) is 36.6 Å². The minimum absolute atomic E-state index is 0.0148. The summed E-state index contributed by atoms with van der Waals surface area (Å²) in [6, 6.07) is 16.8. The number of halogens is 1. The predicted octanol–water partition coefficient (Wildman–Crippen LogP) is 9.33. The van der Waals surface area contributed by atoms with Crippen molar-refractivity contribution in [2.75, 3.05) is 37.7 Å². The molecule has 1 saturated carbocycles. The maximum absolute atomic E-state index is 14.5. The molecule has 17 heteroatoms. The molecule has 15 nitrogen and oxygen atoms in total. The Morgan fingerprint density at radius 1 is 0.986 bits per heavy atom. The molecule has 1 aliphatic carbocycles. The van der Waals surface area contributed by atoms with E-state index < -0.39 is 41.4 Å². The van der Waals surface area contributed by atoms with Crippen LogP contribution in [0.4, 0.5) is 11.4 Å². The van der Waals surface area contributed by atoms with E-state index >= 15 is 0 Å². The van der Waals surface area contributed by atoms with Crippen molar-refractivity contribution >= 4 is 63.9 Å². The van der Waals surface area contributed by atoms with E-state index in [1.54, 1.807) is 29.5 Å². The Bertz CT molecular complexity index is 2780. The zero-order valence-corrected chi connectivity index (χ0v) is 45.1. The number of carbonyl (C=O) groups is 5. The van der Waals surface area contributed by atoms with E-state index in [0.717, 1.165) is 64.4 Å². The van der Waals surface area contributed by atoms with Crippen LogP contribution in [0.15, 0.2) is 66.2 Å². The number of esters is 1. The molecule has 0 unspecified atom stereocenters. The van der Waals surface area contributed by atoms with Crippen LogP contribution in [-0.4, -0.2) is 108 Å². The van der Waals surface area contributed by atoms with E-state index in [2.05, 4.69) is 59.1 Å². The molecule has 1 aromatic heterocycles. The minimum Gasteiger partial charge on any atom is -0.489 e. The summed E-state index contributed by atoms with van der Waals surface area (Å²) in [7, 11) is 0. The largest absolute Gasteiger partial charge is 0.489 e. The van der Waals surface area contributed by atoms with Gasteiger partial charge in [0.05, 0.1) is 46.9 Å². The first-order chi connectivity index (χ1) is 34.5. The van der Waals surface area contributed by atoms with Crippen molar-refractivity contribution in [3.63, 3.8) is 0 Å². The first-order valence-electron chi connectivity index (χ1n) is 25.2. The standard InChI is InChI=1S/C56H68ClN7O8S/c1-32(36-12-14-37(15-13-36)47-33(2)59-31-73-47)60-49(67)45-26-41(71-34(3)65)28-63(45)51(69)48(54(4,5)6)61-46(66)30-70-29-35-20-22-62(23-21-35)39-16-18-42-38(24-39)27-64(50(42)68)52-55(7,8)53(56(52,9)10)72-40-17-19-44(58-11)43(57)25-40/h12-19,24-25,31-32,35,41,45,48,52-53H,20-23,26-30H2,1-10H3,(H,60,67)(H,61,66)/t32-,41+,45-,48+,52?,53?/m0/s1. The van der Waals surface area contributed by atoms with Gasteiger partial charge in [-0.15, -0.1) is 11.3 Å². The lowest BCUT2D eigenvalue weighted by molar-refractivity contribution is -0.199. The van der Waals surface area contributed by atoms with Gasteiger partial charge in [0.25, 0.3) is 5.91 Å². The fourth-order valence-corrected chi connectivity index (χ4v) is 13.0. The zero-order valence-electron chi connectivity index (χ0n) is 43.5. The van der Waals surface area contributed by atoms with Crippen LogP contribution in [0.25, 0.3) is 15.3 Å². The topological polar surface area (TPSA) is 164 Å². The molecule has 2 N–H and O–H groups in total. The van der Waals surface area contributed by atoms with E-state index in [1.165, 1.54) is 11.8 Å². The van der Waals surface area contributed by atoms with Gasteiger partial charge >= 0.3 is 5.97 Å². The Hall–Kier alpha value is -6.02. The summed E-state index contributed by atoms with van der Waals surface area (Å²) < 4.78 is 18.0. The van der Waals surface area contributed by atoms with Gasteiger partial charge in [-0.2, -0.15) is 0 Å². The van der Waals surface area contributed by atoms with Crippen LogP contribution in [0.2, 0.25) is 5.02 Å². The molecule has 3 fully saturated rings. The molecule has 3 aliphatic heterocycles. The van der Waals surface area contributed by atoms with E-state index in [9.17, 15) is 24.0 Å². The molecular formula is C56H68ClN7O8S. The number of carbonyl (C=O) groups excluding carboxylic acids is 5. The Morgan fingerprint density at radius 3 is 2.30 bits per heavy atom. The van der Waals surface area contributed by atoms with Crippen molar-refractivity contribution in [2.24, 2.45) is 22.2 Å². The second kappa shape index (κ2) is 21.1. The van der Waals surface area contributed by atoms with Crippen molar-refractivity contribution in [1.29, 1.82) is 0 Å². The third-order valence-electron chi connectivity index (χ3n) is 15.2. The first-order valence-corrected chi connectivity index (χ1v) is 26.4. The Labute approximate surface area is 438 Å².